The van der Waals surface area contributed by atoms with Crippen LogP contribution in [0.4, 0.5) is 4.79 Å². The highest BCUT2D eigenvalue weighted by molar-refractivity contribution is 5.74. The monoisotopic (exact) mass is 263 g/mol. The van der Waals surface area contributed by atoms with Crippen LogP contribution in [0, 0.1) is 5.92 Å². The fraction of sp³-hybridized carbons (Fsp3) is 0.571. The fourth-order valence-corrected chi connectivity index (χ4v) is 2.28. The first kappa shape index (κ1) is 13.8. The zero-order valence-corrected chi connectivity index (χ0v) is 11.5. The summed E-state index contributed by atoms with van der Waals surface area (Å²) in [5.74, 6) is 0.459. The number of urea groups is 1. The Morgan fingerprint density at radius 3 is 3.00 bits per heavy atom. The van der Waals surface area contributed by atoms with Crippen molar-refractivity contribution in [1.29, 1.82) is 0 Å². The number of nitrogens with zero attached hydrogens (tertiary/aromatic N) is 2. The van der Waals surface area contributed by atoms with Crippen molar-refractivity contribution in [3.05, 3.63) is 30.1 Å². The molecule has 5 heteroatoms. The molecule has 1 aliphatic carbocycles. The minimum absolute atomic E-state index is 0.0327. The normalized spacial score (nSPS) is 21.6. The van der Waals surface area contributed by atoms with Crippen LogP contribution in [-0.2, 0) is 11.3 Å². The van der Waals surface area contributed by atoms with E-state index in [1.807, 2.05) is 12.1 Å². The Morgan fingerprint density at radius 1 is 1.58 bits per heavy atom. The Hall–Kier alpha value is -1.62. The van der Waals surface area contributed by atoms with E-state index in [9.17, 15) is 4.79 Å². The van der Waals surface area contributed by atoms with Crippen molar-refractivity contribution in [3.8, 4) is 0 Å². The van der Waals surface area contributed by atoms with Gasteiger partial charge in [-0.1, -0.05) is 6.07 Å². The molecule has 1 aliphatic rings. The Balaban J connectivity index is 1.80. The van der Waals surface area contributed by atoms with Crippen molar-refractivity contribution in [2.45, 2.75) is 25.4 Å². The summed E-state index contributed by atoms with van der Waals surface area (Å²) in [7, 11) is 3.50. The van der Waals surface area contributed by atoms with Crippen LogP contribution in [0.5, 0.6) is 0 Å². The Labute approximate surface area is 114 Å². The van der Waals surface area contributed by atoms with Crippen LogP contribution in [0.1, 0.15) is 18.4 Å². The molecular formula is C14H21N3O2. The zero-order valence-electron chi connectivity index (χ0n) is 11.5. The third-order valence-corrected chi connectivity index (χ3v) is 3.60. The number of rotatable bonds is 5. The van der Waals surface area contributed by atoms with Crippen LogP contribution < -0.4 is 5.32 Å². The molecule has 2 amide bonds. The van der Waals surface area contributed by atoms with Crippen molar-refractivity contribution in [2.24, 2.45) is 5.92 Å². The Kier molecular flexibility index (Phi) is 4.74. The van der Waals surface area contributed by atoms with Gasteiger partial charge in [-0.05, 0) is 24.5 Å². The number of amides is 2. The highest BCUT2D eigenvalue weighted by atomic mass is 16.5. The van der Waals surface area contributed by atoms with Crippen molar-refractivity contribution >= 4 is 6.03 Å². The summed E-state index contributed by atoms with van der Waals surface area (Å²) in [5, 5.41) is 3.06. The third kappa shape index (κ3) is 3.67. The van der Waals surface area contributed by atoms with Crippen LogP contribution >= 0.6 is 0 Å². The molecular weight excluding hydrogens is 242 g/mol. The predicted molar refractivity (Wildman–Crippen MR) is 72.6 cm³/mol. The van der Waals surface area contributed by atoms with Gasteiger partial charge in [0.05, 0.1) is 6.61 Å². The van der Waals surface area contributed by atoms with Gasteiger partial charge in [-0.25, -0.2) is 4.79 Å². The lowest BCUT2D eigenvalue weighted by molar-refractivity contribution is 0.0803. The van der Waals surface area contributed by atoms with Gasteiger partial charge in [0, 0.05) is 45.1 Å². The summed E-state index contributed by atoms with van der Waals surface area (Å²) in [5.41, 5.74) is 1.03. The smallest absolute Gasteiger partial charge is 0.317 e. The van der Waals surface area contributed by atoms with Crippen molar-refractivity contribution in [1.82, 2.24) is 15.2 Å². The number of hydrogen-bond acceptors (Lipinski definition) is 3. The Bertz CT molecular complexity index is 410. The van der Waals surface area contributed by atoms with Crippen molar-refractivity contribution < 1.29 is 9.53 Å². The zero-order chi connectivity index (χ0) is 13.7. The predicted octanol–water partition coefficient (Wildman–Crippen LogP) is 1.65. The highest BCUT2D eigenvalue weighted by Gasteiger charge is 2.32. The van der Waals surface area contributed by atoms with Crippen molar-refractivity contribution in [3.63, 3.8) is 0 Å². The van der Waals surface area contributed by atoms with E-state index in [-0.39, 0.29) is 12.1 Å². The van der Waals surface area contributed by atoms with Gasteiger partial charge in [-0.3, -0.25) is 4.98 Å². The van der Waals surface area contributed by atoms with E-state index in [4.69, 9.17) is 4.74 Å². The maximum atomic E-state index is 12.1. The molecule has 0 bridgehead atoms. The number of carbonyl (C=O) groups is 1. The van der Waals surface area contributed by atoms with Crippen molar-refractivity contribution in [2.75, 3.05) is 20.8 Å². The lowest BCUT2D eigenvalue weighted by Crippen LogP contribution is -2.51. The van der Waals surface area contributed by atoms with Gasteiger partial charge < -0.3 is 15.0 Å². The van der Waals surface area contributed by atoms with E-state index in [0.29, 0.717) is 12.5 Å². The molecule has 19 heavy (non-hydrogen) atoms. The molecule has 1 aromatic rings. The number of carbonyl (C=O) groups excluding carboxylic acids is 1. The first-order chi connectivity index (χ1) is 9.20. The van der Waals surface area contributed by atoms with E-state index in [0.717, 1.165) is 25.0 Å². The molecule has 1 saturated carbocycles. The number of ether oxygens (including phenoxy) is 1. The fourth-order valence-electron chi connectivity index (χ4n) is 2.28. The number of pyridine rings is 1. The summed E-state index contributed by atoms with van der Waals surface area (Å²) in [6, 6.07) is 4.06. The molecule has 0 spiro atoms. The van der Waals surface area contributed by atoms with Crippen LogP contribution in [0.25, 0.3) is 0 Å². The minimum atomic E-state index is -0.0327. The standard InChI is InChI=1S/C14H21N3O2/c1-17(9-11-4-3-7-15-8-11)14(18)16-13-6-5-12(13)10-19-2/h3-4,7-8,12-13H,5-6,9-10H2,1-2H3,(H,16,18)/t12-,13-/m1/s1. The van der Waals surface area contributed by atoms with E-state index in [2.05, 4.69) is 10.3 Å². The summed E-state index contributed by atoms with van der Waals surface area (Å²) in [6.45, 7) is 1.29. The second-order valence-corrected chi connectivity index (χ2v) is 5.07. The van der Waals surface area contributed by atoms with Gasteiger partial charge >= 0.3 is 6.03 Å². The van der Waals surface area contributed by atoms with Gasteiger partial charge in [-0.2, -0.15) is 0 Å². The van der Waals surface area contributed by atoms with E-state index in [1.165, 1.54) is 0 Å². The molecule has 2 atom stereocenters. The lowest BCUT2D eigenvalue weighted by Gasteiger charge is -2.37. The number of methoxy groups -OCH3 is 1. The number of nitrogens with one attached hydrogen (secondary N) is 1. The molecule has 0 radical (unpaired) electrons. The van der Waals surface area contributed by atoms with Gasteiger partial charge in [0.2, 0.25) is 0 Å². The van der Waals surface area contributed by atoms with Crippen LogP contribution in [0.2, 0.25) is 0 Å². The second-order valence-electron chi connectivity index (χ2n) is 5.07. The second kappa shape index (κ2) is 6.52. The summed E-state index contributed by atoms with van der Waals surface area (Å²) >= 11 is 0. The number of aromatic nitrogens is 1. The van der Waals surface area contributed by atoms with Gasteiger partial charge in [0.1, 0.15) is 0 Å². The molecule has 1 aromatic heterocycles. The van der Waals surface area contributed by atoms with Gasteiger partial charge in [-0.15, -0.1) is 0 Å². The topological polar surface area (TPSA) is 54.5 Å². The Morgan fingerprint density at radius 2 is 2.42 bits per heavy atom. The van der Waals surface area contributed by atoms with Crippen LogP contribution in [-0.4, -0.2) is 42.7 Å². The number of hydrogen-bond donors (Lipinski definition) is 1. The highest BCUT2D eigenvalue weighted by Crippen LogP contribution is 2.27. The summed E-state index contributed by atoms with van der Waals surface area (Å²) < 4.78 is 5.14. The lowest BCUT2D eigenvalue weighted by atomic mass is 9.80. The molecule has 104 valence electrons. The molecule has 5 nitrogen and oxygen atoms in total. The van der Waals surface area contributed by atoms with Gasteiger partial charge in [0.15, 0.2) is 0 Å². The maximum absolute atomic E-state index is 12.1. The molecule has 0 aromatic carbocycles. The molecule has 1 N–H and O–H groups in total. The van der Waals surface area contributed by atoms with Gasteiger partial charge in [0.25, 0.3) is 0 Å². The molecule has 1 fully saturated rings. The van der Waals surface area contributed by atoms with E-state index < -0.39 is 0 Å². The molecule has 1 heterocycles. The first-order valence-electron chi connectivity index (χ1n) is 6.60. The molecule has 2 rings (SSSR count). The quantitative estimate of drug-likeness (QED) is 0.878. The van der Waals surface area contributed by atoms with E-state index in [1.54, 1.807) is 31.5 Å². The molecule has 0 saturated heterocycles. The molecule has 0 unspecified atom stereocenters. The molecule has 0 aliphatic heterocycles. The SMILES string of the molecule is COC[C@H]1CC[C@H]1NC(=O)N(C)Cc1cccnc1. The first-order valence-corrected chi connectivity index (χ1v) is 6.60. The van der Waals surface area contributed by atoms with E-state index >= 15 is 0 Å². The largest absolute Gasteiger partial charge is 0.384 e. The summed E-state index contributed by atoms with van der Waals surface area (Å²) in [6.07, 6.45) is 5.68. The van der Waals surface area contributed by atoms with Crippen LogP contribution in [0.15, 0.2) is 24.5 Å². The average Bonchev–Trinajstić information content (AvgIpc) is 2.41. The maximum Gasteiger partial charge on any atom is 0.317 e. The minimum Gasteiger partial charge on any atom is -0.384 e. The average molecular weight is 263 g/mol. The summed E-state index contributed by atoms with van der Waals surface area (Å²) in [4.78, 5) is 17.8. The third-order valence-electron chi connectivity index (χ3n) is 3.60. The van der Waals surface area contributed by atoms with Crippen LogP contribution in [0.3, 0.4) is 0 Å².